The van der Waals surface area contributed by atoms with E-state index in [9.17, 15) is 0 Å². The Hall–Kier alpha value is -1.86. The zero-order chi connectivity index (χ0) is 17.2. The first kappa shape index (κ1) is 18.5. The minimum Gasteiger partial charge on any atom is -0.383 e. The molecule has 1 aliphatic heterocycles. The zero-order valence-corrected chi connectivity index (χ0v) is 15.1. The fraction of sp³-hybridized carbons (Fsp3) is 0.647. The summed E-state index contributed by atoms with van der Waals surface area (Å²) >= 11 is 0. The van der Waals surface area contributed by atoms with E-state index < -0.39 is 0 Å². The second-order valence-corrected chi connectivity index (χ2v) is 5.89. The summed E-state index contributed by atoms with van der Waals surface area (Å²) < 4.78 is 5.07. The molecule has 0 saturated carbocycles. The van der Waals surface area contributed by atoms with Gasteiger partial charge < -0.3 is 25.2 Å². The topological polar surface area (TPSA) is 65.0 Å². The van der Waals surface area contributed by atoms with E-state index in [-0.39, 0.29) is 0 Å². The van der Waals surface area contributed by atoms with Crippen LogP contribution in [-0.4, -0.2) is 75.9 Å². The molecule has 0 aliphatic carbocycles. The first-order valence-corrected chi connectivity index (χ1v) is 8.63. The van der Waals surface area contributed by atoms with Crippen LogP contribution >= 0.6 is 0 Å². The molecule has 24 heavy (non-hydrogen) atoms. The number of ether oxygens (including phenoxy) is 1. The van der Waals surface area contributed by atoms with Crippen molar-refractivity contribution in [1.82, 2.24) is 20.5 Å². The molecule has 1 aromatic rings. The van der Waals surface area contributed by atoms with Crippen LogP contribution in [0, 0.1) is 0 Å². The number of piperazine rings is 1. The van der Waals surface area contributed by atoms with Gasteiger partial charge in [-0.3, -0.25) is 0 Å². The molecule has 1 aliphatic rings. The quantitative estimate of drug-likeness (QED) is 0.431. The van der Waals surface area contributed by atoms with E-state index in [4.69, 9.17) is 4.74 Å². The van der Waals surface area contributed by atoms with Crippen LogP contribution in [0.5, 0.6) is 0 Å². The normalized spacial score (nSPS) is 16.3. The maximum absolute atomic E-state index is 5.07. The Balaban J connectivity index is 2.03. The molecule has 0 spiro atoms. The van der Waals surface area contributed by atoms with Crippen LogP contribution in [0.15, 0.2) is 23.3 Å². The van der Waals surface area contributed by atoms with Crippen LogP contribution in [0.25, 0.3) is 0 Å². The van der Waals surface area contributed by atoms with Gasteiger partial charge in [0.15, 0.2) is 5.96 Å². The number of pyridine rings is 1. The third-order valence-corrected chi connectivity index (χ3v) is 4.02. The van der Waals surface area contributed by atoms with E-state index in [1.54, 1.807) is 7.11 Å². The molecule has 1 aromatic heterocycles. The molecular formula is C17H30N6O. The Kier molecular flexibility index (Phi) is 7.77. The van der Waals surface area contributed by atoms with Gasteiger partial charge in [0.25, 0.3) is 0 Å². The highest BCUT2D eigenvalue weighted by Gasteiger charge is 2.17. The predicted molar refractivity (Wildman–Crippen MR) is 98.6 cm³/mol. The number of methoxy groups -OCH3 is 1. The Bertz CT molecular complexity index is 514. The summed E-state index contributed by atoms with van der Waals surface area (Å²) in [5.74, 6) is 1.87. The number of likely N-dealkylation sites (N-methyl/N-ethyl adjacent to an activating group) is 1. The van der Waals surface area contributed by atoms with E-state index in [2.05, 4.69) is 50.4 Å². The second-order valence-electron chi connectivity index (χ2n) is 5.89. The van der Waals surface area contributed by atoms with Crippen LogP contribution in [0.2, 0.25) is 0 Å². The Morgan fingerprint density at radius 2 is 2.08 bits per heavy atom. The van der Waals surface area contributed by atoms with Gasteiger partial charge in [-0.15, -0.1) is 0 Å². The lowest BCUT2D eigenvalue weighted by molar-refractivity contribution is 0.203. The fourth-order valence-corrected chi connectivity index (χ4v) is 2.63. The lowest BCUT2D eigenvalue weighted by Crippen LogP contribution is -2.45. The third-order valence-electron chi connectivity index (χ3n) is 4.02. The standard InChI is InChI=1S/C17H30N6O/c1-4-18-17(20-8-13-24-3)21-14-15-6-5-7-19-16(15)23-11-9-22(2)10-12-23/h5-7H,4,8-14H2,1-3H3,(H2,18,20,21). The second kappa shape index (κ2) is 10.1. The number of nitrogens with one attached hydrogen (secondary N) is 2. The smallest absolute Gasteiger partial charge is 0.191 e. The van der Waals surface area contributed by atoms with Gasteiger partial charge in [-0.05, 0) is 20.0 Å². The van der Waals surface area contributed by atoms with Gasteiger partial charge in [0.05, 0.1) is 13.2 Å². The van der Waals surface area contributed by atoms with Crippen LogP contribution in [0.3, 0.4) is 0 Å². The number of anilines is 1. The van der Waals surface area contributed by atoms with Crippen LogP contribution in [-0.2, 0) is 11.3 Å². The van der Waals surface area contributed by atoms with Gasteiger partial charge in [0.1, 0.15) is 5.82 Å². The van der Waals surface area contributed by atoms with Crippen molar-refractivity contribution < 1.29 is 4.74 Å². The molecule has 134 valence electrons. The molecule has 2 N–H and O–H groups in total. The van der Waals surface area contributed by atoms with Crippen molar-refractivity contribution >= 4 is 11.8 Å². The highest BCUT2D eigenvalue weighted by atomic mass is 16.5. The first-order valence-electron chi connectivity index (χ1n) is 8.63. The average Bonchev–Trinajstić information content (AvgIpc) is 2.61. The number of aromatic nitrogens is 1. The SMILES string of the molecule is CCNC(=NCc1cccnc1N1CCN(C)CC1)NCCOC. The summed E-state index contributed by atoms with van der Waals surface area (Å²) in [6, 6.07) is 4.10. The van der Waals surface area contributed by atoms with Crippen molar-refractivity contribution in [2.24, 2.45) is 4.99 Å². The van der Waals surface area contributed by atoms with Gasteiger partial charge in [-0.1, -0.05) is 6.07 Å². The molecule has 0 radical (unpaired) electrons. The van der Waals surface area contributed by atoms with Gasteiger partial charge in [-0.2, -0.15) is 0 Å². The number of aliphatic imine (C=N–C) groups is 1. The monoisotopic (exact) mass is 334 g/mol. The Morgan fingerprint density at radius 1 is 1.29 bits per heavy atom. The van der Waals surface area contributed by atoms with E-state index in [1.165, 1.54) is 0 Å². The molecule has 1 saturated heterocycles. The van der Waals surface area contributed by atoms with E-state index in [1.807, 2.05) is 12.3 Å². The van der Waals surface area contributed by atoms with E-state index in [0.717, 1.165) is 56.6 Å². The molecule has 7 nitrogen and oxygen atoms in total. The molecule has 0 amide bonds. The lowest BCUT2D eigenvalue weighted by atomic mass is 10.2. The minimum absolute atomic E-state index is 0.609. The summed E-state index contributed by atoms with van der Waals surface area (Å²) in [7, 11) is 3.86. The molecular weight excluding hydrogens is 304 g/mol. The van der Waals surface area contributed by atoms with Crippen molar-refractivity contribution in [2.45, 2.75) is 13.5 Å². The van der Waals surface area contributed by atoms with Gasteiger partial charge in [0.2, 0.25) is 0 Å². The zero-order valence-electron chi connectivity index (χ0n) is 15.1. The first-order chi connectivity index (χ1) is 11.7. The Morgan fingerprint density at radius 3 is 2.79 bits per heavy atom. The summed E-state index contributed by atoms with van der Waals surface area (Å²) in [5.41, 5.74) is 1.16. The van der Waals surface area contributed by atoms with Crippen molar-refractivity contribution in [3.63, 3.8) is 0 Å². The number of rotatable bonds is 7. The van der Waals surface area contributed by atoms with E-state index >= 15 is 0 Å². The Labute approximate surface area is 145 Å². The van der Waals surface area contributed by atoms with Crippen LogP contribution in [0.1, 0.15) is 12.5 Å². The van der Waals surface area contributed by atoms with E-state index in [0.29, 0.717) is 13.2 Å². The van der Waals surface area contributed by atoms with Gasteiger partial charge in [-0.25, -0.2) is 9.98 Å². The number of guanidine groups is 1. The summed E-state index contributed by atoms with van der Waals surface area (Å²) in [5, 5.41) is 6.53. The molecule has 7 heteroatoms. The predicted octanol–water partition coefficient (Wildman–Crippen LogP) is 0.535. The molecule has 0 atom stereocenters. The molecule has 0 unspecified atom stereocenters. The third kappa shape index (κ3) is 5.65. The highest BCUT2D eigenvalue weighted by Crippen LogP contribution is 2.19. The number of hydrogen-bond donors (Lipinski definition) is 2. The summed E-state index contributed by atoms with van der Waals surface area (Å²) in [6.07, 6.45) is 1.86. The van der Waals surface area contributed by atoms with Crippen LogP contribution in [0.4, 0.5) is 5.82 Å². The number of hydrogen-bond acceptors (Lipinski definition) is 5. The molecule has 0 aromatic carbocycles. The molecule has 0 bridgehead atoms. The maximum atomic E-state index is 5.07. The minimum atomic E-state index is 0.609. The molecule has 1 fully saturated rings. The lowest BCUT2D eigenvalue weighted by Gasteiger charge is -2.34. The van der Waals surface area contributed by atoms with Gasteiger partial charge in [0, 0.05) is 58.1 Å². The summed E-state index contributed by atoms with van der Waals surface area (Å²) in [4.78, 5) is 14.0. The highest BCUT2D eigenvalue weighted by molar-refractivity contribution is 5.79. The maximum Gasteiger partial charge on any atom is 0.191 e. The van der Waals surface area contributed by atoms with Crippen molar-refractivity contribution in [3.05, 3.63) is 23.9 Å². The number of nitrogens with zero attached hydrogens (tertiary/aromatic N) is 4. The van der Waals surface area contributed by atoms with Crippen molar-refractivity contribution in [1.29, 1.82) is 0 Å². The largest absolute Gasteiger partial charge is 0.383 e. The van der Waals surface area contributed by atoms with Crippen LogP contribution < -0.4 is 15.5 Å². The van der Waals surface area contributed by atoms with Crippen molar-refractivity contribution in [3.8, 4) is 0 Å². The van der Waals surface area contributed by atoms with Crippen molar-refractivity contribution in [2.75, 3.05) is 64.9 Å². The molecule has 2 rings (SSSR count). The average molecular weight is 334 g/mol. The van der Waals surface area contributed by atoms with Gasteiger partial charge >= 0.3 is 0 Å². The summed E-state index contributed by atoms with van der Waals surface area (Å²) in [6.45, 7) is 9.06. The molecule has 2 heterocycles. The fourth-order valence-electron chi connectivity index (χ4n) is 2.63.